The minimum absolute atomic E-state index is 0.291. The van der Waals surface area contributed by atoms with Gasteiger partial charge in [-0.1, -0.05) is 6.07 Å². The fourth-order valence-electron chi connectivity index (χ4n) is 1.51. The number of nitrogens with two attached hydrogens (primary N) is 1. The van der Waals surface area contributed by atoms with Crippen LogP contribution in [0.25, 0.3) is 0 Å². The molecule has 0 aliphatic rings. The monoisotopic (exact) mass is 229 g/mol. The molecule has 3 N–H and O–H groups in total. The fourth-order valence-corrected chi connectivity index (χ4v) is 1.51. The Morgan fingerprint density at radius 1 is 1.35 bits per heavy atom. The molecule has 0 unspecified atom stereocenters. The number of aromatic nitrogens is 3. The molecular weight excluding hydrogens is 214 g/mol. The quantitative estimate of drug-likeness (QED) is 0.829. The van der Waals surface area contributed by atoms with Crippen LogP contribution in [0.2, 0.25) is 0 Å². The van der Waals surface area contributed by atoms with E-state index in [9.17, 15) is 0 Å². The van der Waals surface area contributed by atoms with Gasteiger partial charge in [0.15, 0.2) is 0 Å². The topological polar surface area (TPSA) is 76.7 Å². The largest absolute Gasteiger partial charge is 0.369 e. The van der Waals surface area contributed by atoms with E-state index in [1.807, 2.05) is 19.2 Å². The van der Waals surface area contributed by atoms with Crippen LogP contribution in [0.15, 0.2) is 30.7 Å². The summed E-state index contributed by atoms with van der Waals surface area (Å²) in [5, 5.41) is 3.24. The van der Waals surface area contributed by atoms with Gasteiger partial charge < -0.3 is 11.1 Å². The van der Waals surface area contributed by atoms with E-state index in [4.69, 9.17) is 5.73 Å². The molecule has 0 saturated heterocycles. The average Bonchev–Trinajstić information content (AvgIpc) is 2.35. The minimum Gasteiger partial charge on any atom is -0.369 e. The van der Waals surface area contributed by atoms with Gasteiger partial charge in [0.05, 0.1) is 0 Å². The van der Waals surface area contributed by atoms with Crippen LogP contribution in [-0.4, -0.2) is 21.5 Å². The highest BCUT2D eigenvalue weighted by atomic mass is 15.1. The molecule has 0 aliphatic carbocycles. The summed E-state index contributed by atoms with van der Waals surface area (Å²) in [6, 6.07) is 3.99. The van der Waals surface area contributed by atoms with Crippen molar-refractivity contribution in [2.24, 2.45) is 0 Å². The van der Waals surface area contributed by atoms with E-state index < -0.39 is 0 Å². The zero-order chi connectivity index (χ0) is 12.1. The lowest BCUT2D eigenvalue weighted by atomic mass is 10.2. The van der Waals surface area contributed by atoms with Gasteiger partial charge in [-0.3, -0.25) is 4.98 Å². The van der Waals surface area contributed by atoms with E-state index in [0.717, 1.165) is 24.3 Å². The molecule has 0 aromatic carbocycles. The number of hydrogen-bond donors (Lipinski definition) is 2. The maximum Gasteiger partial charge on any atom is 0.221 e. The van der Waals surface area contributed by atoms with Crippen LogP contribution in [0.4, 0.5) is 11.8 Å². The van der Waals surface area contributed by atoms with Gasteiger partial charge in [-0.25, -0.2) is 4.98 Å². The van der Waals surface area contributed by atoms with E-state index in [1.165, 1.54) is 5.56 Å². The number of nitrogen functional groups attached to an aromatic ring is 1. The highest BCUT2D eigenvalue weighted by Gasteiger charge is 2.00. The summed E-state index contributed by atoms with van der Waals surface area (Å²) in [7, 11) is 0. The first-order valence-electron chi connectivity index (χ1n) is 5.47. The number of rotatable bonds is 4. The number of pyridine rings is 1. The Morgan fingerprint density at radius 3 is 3.00 bits per heavy atom. The van der Waals surface area contributed by atoms with Gasteiger partial charge in [0.1, 0.15) is 5.82 Å². The van der Waals surface area contributed by atoms with Gasteiger partial charge in [-0.2, -0.15) is 4.98 Å². The van der Waals surface area contributed by atoms with Crippen molar-refractivity contribution < 1.29 is 0 Å². The molecule has 88 valence electrons. The van der Waals surface area contributed by atoms with Crippen molar-refractivity contribution >= 4 is 11.8 Å². The second-order valence-electron chi connectivity index (χ2n) is 3.80. The van der Waals surface area contributed by atoms with Crippen molar-refractivity contribution in [2.75, 3.05) is 17.6 Å². The van der Waals surface area contributed by atoms with Crippen molar-refractivity contribution in [1.29, 1.82) is 0 Å². The number of aryl methyl sites for hydroxylation is 1. The maximum atomic E-state index is 5.54. The van der Waals surface area contributed by atoms with Crippen molar-refractivity contribution in [3.8, 4) is 0 Å². The first kappa shape index (κ1) is 11.3. The molecule has 5 heteroatoms. The van der Waals surface area contributed by atoms with Crippen LogP contribution >= 0.6 is 0 Å². The summed E-state index contributed by atoms with van der Waals surface area (Å²) in [4.78, 5) is 12.1. The third kappa shape index (κ3) is 3.14. The Kier molecular flexibility index (Phi) is 3.49. The third-order valence-corrected chi connectivity index (χ3v) is 2.42. The smallest absolute Gasteiger partial charge is 0.221 e. The molecule has 17 heavy (non-hydrogen) atoms. The van der Waals surface area contributed by atoms with Crippen LogP contribution in [0.3, 0.4) is 0 Å². The molecule has 0 spiro atoms. The highest BCUT2D eigenvalue weighted by molar-refractivity contribution is 5.45. The second kappa shape index (κ2) is 5.25. The van der Waals surface area contributed by atoms with Crippen LogP contribution < -0.4 is 11.1 Å². The summed E-state index contributed by atoms with van der Waals surface area (Å²) < 4.78 is 0. The molecule has 0 fully saturated rings. The third-order valence-electron chi connectivity index (χ3n) is 2.42. The number of nitrogens with one attached hydrogen (secondary N) is 1. The molecule has 0 radical (unpaired) electrons. The standard InChI is InChI=1S/C12H15N5/c1-9-7-16-12(13)17-11(9)15-6-4-10-3-2-5-14-8-10/h2-3,5,7-8H,4,6H2,1H3,(H3,13,15,16,17). The molecule has 2 aromatic rings. The molecule has 2 heterocycles. The van der Waals surface area contributed by atoms with Gasteiger partial charge in [0, 0.05) is 30.7 Å². The first-order chi connectivity index (χ1) is 8.25. The Bertz CT molecular complexity index is 484. The van der Waals surface area contributed by atoms with Crippen molar-refractivity contribution in [3.63, 3.8) is 0 Å². The number of hydrogen-bond acceptors (Lipinski definition) is 5. The van der Waals surface area contributed by atoms with Crippen LogP contribution in [0, 0.1) is 6.92 Å². The van der Waals surface area contributed by atoms with Crippen LogP contribution in [0.1, 0.15) is 11.1 Å². The van der Waals surface area contributed by atoms with Gasteiger partial charge in [-0.05, 0) is 25.0 Å². The summed E-state index contributed by atoms with van der Waals surface area (Å²) in [5.41, 5.74) is 7.72. The predicted octanol–water partition coefficient (Wildman–Crippen LogP) is 1.42. The van der Waals surface area contributed by atoms with E-state index >= 15 is 0 Å². The van der Waals surface area contributed by atoms with E-state index in [2.05, 4.69) is 26.3 Å². The lowest BCUT2D eigenvalue weighted by molar-refractivity contribution is 0.984. The molecule has 0 saturated carbocycles. The Labute approximate surface area is 100 Å². The number of nitrogens with zero attached hydrogens (tertiary/aromatic N) is 3. The van der Waals surface area contributed by atoms with Crippen molar-refractivity contribution in [3.05, 3.63) is 41.9 Å². The molecule has 0 amide bonds. The lowest BCUT2D eigenvalue weighted by Gasteiger charge is -2.08. The van der Waals surface area contributed by atoms with E-state index in [-0.39, 0.29) is 0 Å². The molecule has 5 nitrogen and oxygen atoms in total. The second-order valence-corrected chi connectivity index (χ2v) is 3.80. The van der Waals surface area contributed by atoms with E-state index in [0.29, 0.717) is 5.95 Å². The lowest BCUT2D eigenvalue weighted by Crippen LogP contribution is -2.09. The van der Waals surface area contributed by atoms with E-state index in [1.54, 1.807) is 12.4 Å². The highest BCUT2D eigenvalue weighted by Crippen LogP contribution is 2.10. The molecular formula is C12H15N5. The Hall–Kier alpha value is -2.17. The minimum atomic E-state index is 0.291. The van der Waals surface area contributed by atoms with Gasteiger partial charge in [-0.15, -0.1) is 0 Å². The molecule has 0 bridgehead atoms. The van der Waals surface area contributed by atoms with Gasteiger partial charge in [0.2, 0.25) is 5.95 Å². The van der Waals surface area contributed by atoms with Gasteiger partial charge >= 0.3 is 0 Å². The molecule has 2 aromatic heterocycles. The summed E-state index contributed by atoms with van der Waals surface area (Å²) in [5.74, 6) is 1.08. The normalized spacial score (nSPS) is 10.2. The first-order valence-corrected chi connectivity index (χ1v) is 5.47. The molecule has 2 rings (SSSR count). The van der Waals surface area contributed by atoms with Crippen LogP contribution in [-0.2, 0) is 6.42 Å². The van der Waals surface area contributed by atoms with Crippen LogP contribution in [0.5, 0.6) is 0 Å². The van der Waals surface area contributed by atoms with Gasteiger partial charge in [0.25, 0.3) is 0 Å². The van der Waals surface area contributed by atoms with Crippen molar-refractivity contribution in [1.82, 2.24) is 15.0 Å². The maximum absolute atomic E-state index is 5.54. The summed E-state index contributed by atoms with van der Waals surface area (Å²) in [6.07, 6.45) is 6.25. The average molecular weight is 229 g/mol. The Morgan fingerprint density at radius 2 is 2.24 bits per heavy atom. The predicted molar refractivity (Wildman–Crippen MR) is 67.6 cm³/mol. The molecule has 0 aliphatic heterocycles. The van der Waals surface area contributed by atoms with Crippen molar-refractivity contribution in [2.45, 2.75) is 13.3 Å². The zero-order valence-electron chi connectivity index (χ0n) is 9.72. The summed E-state index contributed by atoms with van der Waals surface area (Å²) >= 11 is 0. The summed E-state index contributed by atoms with van der Waals surface area (Å²) in [6.45, 7) is 2.74. The zero-order valence-corrected chi connectivity index (χ0v) is 9.72. The Balaban J connectivity index is 1.92. The molecule has 0 atom stereocenters. The SMILES string of the molecule is Cc1cnc(N)nc1NCCc1cccnc1. The fraction of sp³-hybridized carbons (Fsp3) is 0.250. The number of anilines is 2.